The Morgan fingerprint density at radius 3 is 2.58 bits per heavy atom. The lowest BCUT2D eigenvalue weighted by Gasteiger charge is -2.16. The van der Waals surface area contributed by atoms with Gasteiger partial charge in [-0.15, -0.1) is 0 Å². The first-order chi connectivity index (χ1) is 11.6. The van der Waals surface area contributed by atoms with Gasteiger partial charge < -0.3 is 9.47 Å². The number of aryl methyl sites for hydroxylation is 2. The summed E-state index contributed by atoms with van der Waals surface area (Å²) in [6.07, 6.45) is 4.31. The average molecular weight is 345 g/mol. The normalized spacial score (nSPS) is 16.0. The van der Waals surface area contributed by atoms with Crippen molar-refractivity contribution in [1.82, 2.24) is 4.72 Å². The maximum atomic E-state index is 12.6. The summed E-state index contributed by atoms with van der Waals surface area (Å²) in [6.45, 7) is 0.426. The van der Waals surface area contributed by atoms with Crippen LogP contribution >= 0.6 is 0 Å². The SMILES string of the molecule is O=S(=O)(NCc1ccc2c(c1)OCO2)c1ccc2c(c1)CCCC2. The molecule has 0 saturated heterocycles. The second-order valence-corrected chi connectivity index (χ2v) is 7.92. The van der Waals surface area contributed by atoms with Crippen LogP contribution in [0.4, 0.5) is 0 Å². The van der Waals surface area contributed by atoms with E-state index in [0.29, 0.717) is 16.4 Å². The zero-order valence-corrected chi connectivity index (χ0v) is 14.1. The summed E-state index contributed by atoms with van der Waals surface area (Å²) in [6, 6.07) is 10.9. The van der Waals surface area contributed by atoms with Gasteiger partial charge in [-0.1, -0.05) is 12.1 Å². The van der Waals surface area contributed by atoms with E-state index >= 15 is 0 Å². The van der Waals surface area contributed by atoms with Crippen LogP contribution < -0.4 is 14.2 Å². The predicted octanol–water partition coefficient (Wildman–Crippen LogP) is 2.77. The topological polar surface area (TPSA) is 64.6 Å². The lowest BCUT2D eigenvalue weighted by molar-refractivity contribution is 0.174. The fourth-order valence-corrected chi connectivity index (χ4v) is 4.26. The summed E-state index contributed by atoms with van der Waals surface area (Å²) < 4.78 is 38.4. The Morgan fingerprint density at radius 1 is 0.917 bits per heavy atom. The van der Waals surface area contributed by atoms with Gasteiger partial charge in [-0.25, -0.2) is 13.1 Å². The lowest BCUT2D eigenvalue weighted by Crippen LogP contribution is -2.23. The number of nitrogens with one attached hydrogen (secondary N) is 1. The van der Waals surface area contributed by atoms with E-state index in [1.165, 1.54) is 12.0 Å². The summed E-state index contributed by atoms with van der Waals surface area (Å²) >= 11 is 0. The highest BCUT2D eigenvalue weighted by Crippen LogP contribution is 2.32. The summed E-state index contributed by atoms with van der Waals surface area (Å²) in [5.41, 5.74) is 3.27. The molecule has 0 amide bonds. The van der Waals surface area contributed by atoms with Crippen LogP contribution in [0.25, 0.3) is 0 Å². The summed E-state index contributed by atoms with van der Waals surface area (Å²) in [5, 5.41) is 0. The van der Waals surface area contributed by atoms with Gasteiger partial charge in [-0.05, 0) is 66.6 Å². The molecule has 0 spiro atoms. The molecular formula is C18H19NO4S. The minimum atomic E-state index is -3.53. The van der Waals surface area contributed by atoms with Crippen molar-refractivity contribution in [1.29, 1.82) is 0 Å². The lowest BCUT2D eigenvalue weighted by atomic mass is 9.92. The van der Waals surface area contributed by atoms with E-state index in [0.717, 1.165) is 30.4 Å². The van der Waals surface area contributed by atoms with Crippen LogP contribution in [-0.4, -0.2) is 15.2 Å². The second-order valence-electron chi connectivity index (χ2n) is 6.15. The third-order valence-electron chi connectivity index (χ3n) is 4.53. The molecule has 2 aromatic carbocycles. The molecule has 1 N–H and O–H groups in total. The maximum absolute atomic E-state index is 12.6. The van der Waals surface area contributed by atoms with Crippen molar-refractivity contribution in [2.24, 2.45) is 0 Å². The minimum absolute atomic E-state index is 0.208. The monoisotopic (exact) mass is 345 g/mol. The zero-order valence-electron chi connectivity index (χ0n) is 13.2. The van der Waals surface area contributed by atoms with Gasteiger partial charge in [0.1, 0.15) is 0 Å². The molecule has 1 aliphatic heterocycles. The largest absolute Gasteiger partial charge is 0.454 e. The molecule has 0 saturated carbocycles. The van der Waals surface area contributed by atoms with Gasteiger partial charge in [0.15, 0.2) is 11.5 Å². The van der Waals surface area contributed by atoms with Crippen molar-refractivity contribution in [2.75, 3.05) is 6.79 Å². The molecule has 126 valence electrons. The second kappa shape index (κ2) is 6.11. The van der Waals surface area contributed by atoms with Crippen molar-refractivity contribution >= 4 is 10.0 Å². The molecule has 4 rings (SSSR count). The number of benzene rings is 2. The van der Waals surface area contributed by atoms with E-state index in [2.05, 4.69) is 4.72 Å². The fraction of sp³-hybridized carbons (Fsp3) is 0.333. The van der Waals surface area contributed by atoms with Gasteiger partial charge in [-0.2, -0.15) is 0 Å². The number of sulfonamides is 1. The van der Waals surface area contributed by atoms with Crippen LogP contribution in [0.1, 0.15) is 29.5 Å². The van der Waals surface area contributed by atoms with Crippen LogP contribution in [0.3, 0.4) is 0 Å². The first kappa shape index (κ1) is 15.5. The van der Waals surface area contributed by atoms with E-state index < -0.39 is 10.0 Å². The van der Waals surface area contributed by atoms with Gasteiger partial charge in [0.2, 0.25) is 16.8 Å². The minimum Gasteiger partial charge on any atom is -0.454 e. The molecule has 6 heteroatoms. The molecule has 2 aliphatic rings. The van der Waals surface area contributed by atoms with Gasteiger partial charge in [-0.3, -0.25) is 0 Å². The standard InChI is InChI=1S/C18H19NO4S/c20-24(21,16-7-6-14-3-1-2-4-15(14)10-16)19-11-13-5-8-17-18(9-13)23-12-22-17/h5-10,19H,1-4,11-12H2. The third-order valence-corrected chi connectivity index (χ3v) is 5.93. The van der Waals surface area contributed by atoms with E-state index in [-0.39, 0.29) is 13.3 Å². The van der Waals surface area contributed by atoms with E-state index in [9.17, 15) is 8.42 Å². The molecule has 0 atom stereocenters. The molecule has 0 aromatic heterocycles. The Kier molecular flexibility index (Phi) is 3.94. The van der Waals surface area contributed by atoms with Crippen LogP contribution in [0.5, 0.6) is 11.5 Å². The molecule has 0 radical (unpaired) electrons. The summed E-state index contributed by atoms with van der Waals surface area (Å²) in [4.78, 5) is 0.337. The Morgan fingerprint density at radius 2 is 1.71 bits per heavy atom. The van der Waals surface area contributed by atoms with E-state index in [1.54, 1.807) is 18.2 Å². The smallest absolute Gasteiger partial charge is 0.240 e. The van der Waals surface area contributed by atoms with Crippen LogP contribution in [-0.2, 0) is 29.4 Å². The molecule has 2 aromatic rings. The van der Waals surface area contributed by atoms with Crippen LogP contribution in [0.15, 0.2) is 41.3 Å². The summed E-state index contributed by atoms with van der Waals surface area (Å²) in [7, 11) is -3.53. The molecular weight excluding hydrogens is 326 g/mol. The van der Waals surface area contributed by atoms with Crippen molar-refractivity contribution in [3.8, 4) is 11.5 Å². The van der Waals surface area contributed by atoms with Crippen molar-refractivity contribution < 1.29 is 17.9 Å². The molecule has 1 heterocycles. The molecule has 1 aliphatic carbocycles. The Labute approximate surface area is 141 Å². The number of ether oxygens (including phenoxy) is 2. The molecule has 0 fully saturated rings. The number of fused-ring (bicyclic) bond motifs is 2. The number of hydrogen-bond donors (Lipinski definition) is 1. The van der Waals surface area contributed by atoms with Gasteiger partial charge >= 0.3 is 0 Å². The quantitative estimate of drug-likeness (QED) is 0.925. The third kappa shape index (κ3) is 2.99. The number of rotatable bonds is 4. The molecule has 0 unspecified atom stereocenters. The fourth-order valence-electron chi connectivity index (χ4n) is 3.19. The van der Waals surface area contributed by atoms with Crippen LogP contribution in [0, 0.1) is 0 Å². The highest BCUT2D eigenvalue weighted by molar-refractivity contribution is 7.89. The van der Waals surface area contributed by atoms with Crippen molar-refractivity contribution in [2.45, 2.75) is 37.1 Å². The van der Waals surface area contributed by atoms with Crippen LogP contribution in [0.2, 0.25) is 0 Å². The van der Waals surface area contributed by atoms with E-state index in [4.69, 9.17) is 9.47 Å². The zero-order chi connectivity index (χ0) is 16.6. The van der Waals surface area contributed by atoms with Crippen molar-refractivity contribution in [3.05, 3.63) is 53.1 Å². The highest BCUT2D eigenvalue weighted by Gasteiger charge is 2.18. The summed E-state index contributed by atoms with van der Waals surface area (Å²) in [5.74, 6) is 1.34. The van der Waals surface area contributed by atoms with Gasteiger partial charge in [0.25, 0.3) is 0 Å². The first-order valence-corrected chi connectivity index (χ1v) is 9.60. The first-order valence-electron chi connectivity index (χ1n) is 8.12. The van der Waals surface area contributed by atoms with Gasteiger partial charge in [0.05, 0.1) is 4.90 Å². The molecule has 0 bridgehead atoms. The predicted molar refractivity (Wildman–Crippen MR) is 89.7 cm³/mol. The van der Waals surface area contributed by atoms with Crippen molar-refractivity contribution in [3.63, 3.8) is 0 Å². The Balaban J connectivity index is 1.51. The van der Waals surface area contributed by atoms with Gasteiger partial charge in [0, 0.05) is 6.54 Å². The van der Waals surface area contributed by atoms with E-state index in [1.807, 2.05) is 18.2 Å². The molecule has 24 heavy (non-hydrogen) atoms. The average Bonchev–Trinajstić information content (AvgIpc) is 3.07. The highest BCUT2D eigenvalue weighted by atomic mass is 32.2. The maximum Gasteiger partial charge on any atom is 0.240 e. The Hall–Kier alpha value is -2.05. The Bertz CT molecular complexity index is 877. The molecule has 5 nitrogen and oxygen atoms in total. The number of hydrogen-bond acceptors (Lipinski definition) is 4.